The second-order valence-electron chi connectivity index (χ2n) is 5.51. The number of rotatable bonds is 7. The van der Waals surface area contributed by atoms with E-state index in [9.17, 15) is 13.6 Å². The molecule has 0 saturated carbocycles. The predicted octanol–water partition coefficient (Wildman–Crippen LogP) is 3.41. The fraction of sp³-hybridized carbons (Fsp3) is 0.158. The van der Waals surface area contributed by atoms with Crippen LogP contribution in [-0.4, -0.2) is 29.4 Å². The van der Waals surface area contributed by atoms with E-state index in [1.165, 1.54) is 19.2 Å². The van der Waals surface area contributed by atoms with Crippen molar-refractivity contribution in [3.63, 3.8) is 0 Å². The molecule has 2 aromatic carbocycles. The average molecular weight is 373 g/mol. The van der Waals surface area contributed by atoms with E-state index >= 15 is 0 Å². The van der Waals surface area contributed by atoms with Crippen LogP contribution in [0.25, 0.3) is 5.69 Å². The van der Waals surface area contributed by atoms with Crippen molar-refractivity contribution in [3.8, 4) is 17.2 Å². The third-order valence-corrected chi connectivity index (χ3v) is 3.80. The lowest BCUT2D eigenvalue weighted by molar-refractivity contribution is -0.0512. The Morgan fingerprint density at radius 1 is 1.19 bits per heavy atom. The lowest BCUT2D eigenvalue weighted by Crippen LogP contribution is -2.24. The number of benzene rings is 2. The van der Waals surface area contributed by atoms with Gasteiger partial charge in [-0.15, -0.1) is 0 Å². The number of hydrogen-bond acceptors (Lipinski definition) is 4. The van der Waals surface area contributed by atoms with Crippen molar-refractivity contribution in [2.45, 2.75) is 13.2 Å². The van der Waals surface area contributed by atoms with E-state index in [1.54, 1.807) is 47.4 Å². The van der Waals surface area contributed by atoms with E-state index < -0.39 is 6.61 Å². The number of nitrogens with zero attached hydrogens (tertiary/aromatic N) is 2. The number of alkyl halides is 2. The summed E-state index contributed by atoms with van der Waals surface area (Å²) in [5, 5.41) is 6.91. The van der Waals surface area contributed by atoms with Crippen LogP contribution in [0.3, 0.4) is 0 Å². The monoisotopic (exact) mass is 373 g/mol. The maximum atomic E-state index is 12.6. The van der Waals surface area contributed by atoms with E-state index in [0.717, 1.165) is 0 Å². The van der Waals surface area contributed by atoms with Gasteiger partial charge < -0.3 is 14.8 Å². The number of carbonyl (C=O) groups excluding carboxylic acids is 1. The number of carbonyl (C=O) groups is 1. The summed E-state index contributed by atoms with van der Waals surface area (Å²) in [6.07, 6.45) is 3.36. The Labute approximate surface area is 154 Å². The number of hydrogen-bond donors (Lipinski definition) is 1. The Hall–Kier alpha value is -3.42. The zero-order valence-electron chi connectivity index (χ0n) is 14.4. The summed E-state index contributed by atoms with van der Waals surface area (Å²) >= 11 is 0. The van der Waals surface area contributed by atoms with Crippen molar-refractivity contribution in [1.29, 1.82) is 0 Å². The zero-order valence-corrected chi connectivity index (χ0v) is 14.4. The topological polar surface area (TPSA) is 65.4 Å². The number of methoxy groups -OCH3 is 1. The molecular weight excluding hydrogens is 356 g/mol. The highest BCUT2D eigenvalue weighted by molar-refractivity contribution is 5.97. The summed E-state index contributed by atoms with van der Waals surface area (Å²) in [6, 6.07) is 13.4. The molecule has 0 aliphatic rings. The van der Waals surface area contributed by atoms with Gasteiger partial charge in [0.05, 0.1) is 18.4 Å². The molecule has 0 atom stereocenters. The molecular formula is C19H17F2N3O3. The second-order valence-corrected chi connectivity index (χ2v) is 5.51. The standard InChI is InChI=1S/C19H17F2N3O3/c1-26-16-8-7-13(11-17(16)27-19(20)21)12-22-18(25)14-5-2-3-6-15(14)24-10-4-9-23-24/h2-11,19H,12H2,1H3,(H,22,25). The SMILES string of the molecule is COc1ccc(CNC(=O)c2ccccc2-n2cccn2)cc1OC(F)F. The number of halogens is 2. The number of nitrogens with one attached hydrogen (secondary N) is 1. The molecule has 1 amide bonds. The van der Waals surface area contributed by atoms with Gasteiger partial charge in [-0.3, -0.25) is 4.79 Å². The zero-order chi connectivity index (χ0) is 19.2. The Kier molecular flexibility index (Phi) is 5.65. The van der Waals surface area contributed by atoms with Gasteiger partial charge in [-0.2, -0.15) is 13.9 Å². The van der Waals surface area contributed by atoms with Gasteiger partial charge in [0.1, 0.15) is 0 Å². The molecule has 3 rings (SSSR count). The third-order valence-electron chi connectivity index (χ3n) is 3.80. The predicted molar refractivity (Wildman–Crippen MR) is 94.4 cm³/mol. The highest BCUT2D eigenvalue weighted by Gasteiger charge is 2.14. The van der Waals surface area contributed by atoms with Crippen LogP contribution >= 0.6 is 0 Å². The van der Waals surface area contributed by atoms with Crippen LogP contribution in [0, 0.1) is 0 Å². The summed E-state index contributed by atoms with van der Waals surface area (Å²) < 4.78 is 36.1. The number of aromatic nitrogens is 2. The first-order valence-electron chi connectivity index (χ1n) is 8.07. The average Bonchev–Trinajstić information content (AvgIpc) is 3.20. The van der Waals surface area contributed by atoms with Crippen molar-refractivity contribution >= 4 is 5.91 Å². The molecule has 0 bridgehead atoms. The molecule has 140 valence electrons. The highest BCUT2D eigenvalue weighted by Crippen LogP contribution is 2.29. The molecule has 0 radical (unpaired) electrons. The number of ether oxygens (including phenoxy) is 2. The van der Waals surface area contributed by atoms with Crippen LogP contribution in [0.5, 0.6) is 11.5 Å². The van der Waals surface area contributed by atoms with Crippen molar-refractivity contribution in [1.82, 2.24) is 15.1 Å². The van der Waals surface area contributed by atoms with Gasteiger partial charge in [-0.25, -0.2) is 4.68 Å². The van der Waals surface area contributed by atoms with E-state index in [1.807, 2.05) is 6.07 Å². The molecule has 1 heterocycles. The first kappa shape index (κ1) is 18.4. The quantitative estimate of drug-likeness (QED) is 0.689. The minimum atomic E-state index is -2.97. The maximum absolute atomic E-state index is 12.6. The first-order chi connectivity index (χ1) is 13.1. The molecule has 3 aromatic rings. The second kappa shape index (κ2) is 8.31. The molecule has 0 fully saturated rings. The van der Waals surface area contributed by atoms with Gasteiger partial charge in [-0.1, -0.05) is 18.2 Å². The van der Waals surface area contributed by atoms with Crippen LogP contribution < -0.4 is 14.8 Å². The van der Waals surface area contributed by atoms with Gasteiger partial charge in [0.25, 0.3) is 5.91 Å². The lowest BCUT2D eigenvalue weighted by Gasteiger charge is -2.13. The normalized spacial score (nSPS) is 10.7. The molecule has 0 spiro atoms. The molecule has 27 heavy (non-hydrogen) atoms. The summed E-state index contributed by atoms with van der Waals surface area (Å²) in [5.41, 5.74) is 1.67. The van der Waals surface area contributed by atoms with Crippen LogP contribution in [0.4, 0.5) is 8.78 Å². The third kappa shape index (κ3) is 4.41. The van der Waals surface area contributed by atoms with Crippen LogP contribution in [0.1, 0.15) is 15.9 Å². The fourth-order valence-corrected chi connectivity index (χ4v) is 2.57. The fourth-order valence-electron chi connectivity index (χ4n) is 2.57. The highest BCUT2D eigenvalue weighted by atomic mass is 19.3. The van der Waals surface area contributed by atoms with E-state index in [2.05, 4.69) is 15.2 Å². The van der Waals surface area contributed by atoms with Gasteiger partial charge in [0.2, 0.25) is 0 Å². The van der Waals surface area contributed by atoms with Crippen LogP contribution in [0.15, 0.2) is 60.9 Å². The van der Waals surface area contributed by atoms with E-state index in [4.69, 9.17) is 4.74 Å². The van der Waals surface area contributed by atoms with E-state index in [0.29, 0.717) is 16.8 Å². The molecule has 1 aromatic heterocycles. The number of para-hydroxylation sites is 1. The largest absolute Gasteiger partial charge is 0.493 e. The molecule has 0 saturated heterocycles. The molecule has 0 aliphatic heterocycles. The maximum Gasteiger partial charge on any atom is 0.387 e. The summed E-state index contributed by atoms with van der Waals surface area (Å²) in [6.45, 7) is -2.83. The van der Waals surface area contributed by atoms with Gasteiger partial charge in [-0.05, 0) is 35.9 Å². The van der Waals surface area contributed by atoms with Gasteiger partial charge in [0, 0.05) is 18.9 Å². The Morgan fingerprint density at radius 3 is 2.70 bits per heavy atom. The summed E-state index contributed by atoms with van der Waals surface area (Å²) in [5.74, 6) is -0.209. The minimum Gasteiger partial charge on any atom is -0.493 e. The first-order valence-corrected chi connectivity index (χ1v) is 8.07. The van der Waals surface area contributed by atoms with Crippen molar-refractivity contribution in [3.05, 3.63) is 72.1 Å². The summed E-state index contributed by atoms with van der Waals surface area (Å²) in [7, 11) is 1.36. The molecule has 6 nitrogen and oxygen atoms in total. The Morgan fingerprint density at radius 2 is 2.00 bits per heavy atom. The van der Waals surface area contributed by atoms with Crippen LogP contribution in [-0.2, 0) is 6.54 Å². The van der Waals surface area contributed by atoms with Crippen LogP contribution in [0.2, 0.25) is 0 Å². The molecule has 0 aliphatic carbocycles. The molecule has 0 unspecified atom stereocenters. The van der Waals surface area contributed by atoms with Crippen molar-refractivity contribution in [2.75, 3.05) is 7.11 Å². The Bertz CT molecular complexity index is 914. The van der Waals surface area contributed by atoms with E-state index in [-0.39, 0.29) is 24.0 Å². The lowest BCUT2D eigenvalue weighted by atomic mass is 10.1. The molecule has 8 heteroatoms. The smallest absolute Gasteiger partial charge is 0.387 e. The Balaban J connectivity index is 1.75. The van der Waals surface area contributed by atoms with Gasteiger partial charge in [0.15, 0.2) is 11.5 Å². The van der Waals surface area contributed by atoms with Crippen molar-refractivity contribution in [2.24, 2.45) is 0 Å². The van der Waals surface area contributed by atoms with Crippen molar-refractivity contribution < 1.29 is 23.0 Å². The molecule has 1 N–H and O–H groups in total. The minimum absolute atomic E-state index is 0.0869. The number of amides is 1. The summed E-state index contributed by atoms with van der Waals surface area (Å²) in [4.78, 5) is 12.6. The van der Waals surface area contributed by atoms with Gasteiger partial charge >= 0.3 is 6.61 Å².